The summed E-state index contributed by atoms with van der Waals surface area (Å²) < 4.78 is 29.3. The number of ether oxygens (including phenoxy) is 1. The van der Waals surface area contributed by atoms with Crippen LogP contribution in [0.1, 0.15) is 41.0 Å². The zero-order valence-electron chi connectivity index (χ0n) is 17.2. The van der Waals surface area contributed by atoms with E-state index in [4.69, 9.17) is 4.74 Å². The van der Waals surface area contributed by atoms with E-state index in [9.17, 15) is 13.2 Å². The van der Waals surface area contributed by atoms with Crippen molar-refractivity contribution in [3.05, 3.63) is 24.3 Å². The Bertz CT molecular complexity index is 768. The molecule has 0 radical (unpaired) electrons. The molecule has 1 atom stereocenters. The maximum Gasteiger partial charge on any atom is 0.410 e. The molecule has 0 aromatic heterocycles. The predicted octanol–water partition coefficient (Wildman–Crippen LogP) is 3.56. The molecule has 27 heavy (non-hydrogen) atoms. The van der Waals surface area contributed by atoms with Crippen LogP contribution in [-0.4, -0.2) is 56.9 Å². The molecular formula is C20H32N2O4S. The number of carbonyl (C=O) groups excluding carboxylic acids is 1. The number of piperazine rings is 1. The lowest BCUT2D eigenvalue weighted by Crippen LogP contribution is -2.56. The van der Waals surface area contributed by atoms with Crippen LogP contribution in [-0.2, 0) is 14.6 Å². The van der Waals surface area contributed by atoms with Crippen LogP contribution in [0.3, 0.4) is 0 Å². The highest BCUT2D eigenvalue weighted by Crippen LogP contribution is 2.26. The normalized spacial score (nSPS) is 18.7. The Balaban J connectivity index is 2.22. The van der Waals surface area contributed by atoms with E-state index in [1.54, 1.807) is 18.2 Å². The summed E-state index contributed by atoms with van der Waals surface area (Å²) in [5.74, 6) is 0.433. The minimum Gasteiger partial charge on any atom is -0.444 e. The molecular weight excluding hydrogens is 364 g/mol. The summed E-state index contributed by atoms with van der Waals surface area (Å²) in [7, 11) is -3.25. The first-order valence-electron chi connectivity index (χ1n) is 9.41. The van der Waals surface area contributed by atoms with E-state index in [2.05, 4.69) is 18.7 Å². The Morgan fingerprint density at radius 3 is 2.48 bits per heavy atom. The quantitative estimate of drug-likeness (QED) is 0.778. The molecule has 0 bridgehead atoms. The van der Waals surface area contributed by atoms with Crippen LogP contribution in [0.15, 0.2) is 29.2 Å². The summed E-state index contributed by atoms with van der Waals surface area (Å²) in [6.45, 7) is 11.7. The number of nitrogens with zero attached hydrogens (tertiary/aromatic N) is 2. The van der Waals surface area contributed by atoms with Crippen molar-refractivity contribution in [1.29, 1.82) is 0 Å². The smallest absolute Gasteiger partial charge is 0.410 e. The Morgan fingerprint density at radius 1 is 1.26 bits per heavy atom. The zero-order valence-corrected chi connectivity index (χ0v) is 18.0. The van der Waals surface area contributed by atoms with Gasteiger partial charge in [-0.3, -0.25) is 0 Å². The largest absolute Gasteiger partial charge is 0.444 e. The van der Waals surface area contributed by atoms with Crippen molar-refractivity contribution in [2.45, 2.75) is 57.6 Å². The number of sulfone groups is 1. The fourth-order valence-electron chi connectivity index (χ4n) is 3.31. The van der Waals surface area contributed by atoms with Gasteiger partial charge in [0.15, 0.2) is 9.84 Å². The van der Waals surface area contributed by atoms with Gasteiger partial charge < -0.3 is 14.5 Å². The van der Waals surface area contributed by atoms with Crippen molar-refractivity contribution in [3.63, 3.8) is 0 Å². The fourth-order valence-corrected chi connectivity index (χ4v) is 3.97. The topological polar surface area (TPSA) is 66.9 Å². The zero-order chi connectivity index (χ0) is 20.4. The molecule has 0 saturated carbocycles. The second kappa shape index (κ2) is 8.09. The van der Waals surface area contributed by atoms with E-state index in [1.807, 2.05) is 31.7 Å². The first kappa shape index (κ1) is 21.5. The van der Waals surface area contributed by atoms with Gasteiger partial charge in [-0.1, -0.05) is 19.9 Å². The molecule has 1 fully saturated rings. The first-order valence-corrected chi connectivity index (χ1v) is 11.3. The maximum atomic E-state index is 12.6. The van der Waals surface area contributed by atoms with Crippen molar-refractivity contribution < 1.29 is 17.9 Å². The minimum absolute atomic E-state index is 0.0236. The molecule has 1 aliphatic heterocycles. The average molecular weight is 397 g/mol. The molecule has 2 rings (SSSR count). The van der Waals surface area contributed by atoms with Gasteiger partial charge in [0, 0.05) is 31.6 Å². The van der Waals surface area contributed by atoms with Gasteiger partial charge in [0.2, 0.25) is 0 Å². The fraction of sp³-hybridized carbons (Fsp3) is 0.650. The molecule has 1 saturated heterocycles. The van der Waals surface area contributed by atoms with Crippen LogP contribution in [0.2, 0.25) is 0 Å². The van der Waals surface area contributed by atoms with Crippen molar-refractivity contribution >= 4 is 21.6 Å². The van der Waals surface area contributed by atoms with Crippen LogP contribution in [0.5, 0.6) is 0 Å². The molecule has 7 heteroatoms. The number of benzene rings is 1. The summed E-state index contributed by atoms with van der Waals surface area (Å²) in [6.07, 6.45) is 1.80. The third-order valence-corrected chi connectivity index (χ3v) is 5.58. The number of hydrogen-bond donors (Lipinski definition) is 0. The Labute approximate surface area is 163 Å². The summed E-state index contributed by atoms with van der Waals surface area (Å²) in [6, 6.07) is 7.04. The number of hydrogen-bond acceptors (Lipinski definition) is 5. The van der Waals surface area contributed by atoms with Gasteiger partial charge in [0.25, 0.3) is 0 Å². The van der Waals surface area contributed by atoms with Gasteiger partial charge in [0.1, 0.15) is 5.60 Å². The van der Waals surface area contributed by atoms with E-state index in [0.717, 1.165) is 12.1 Å². The molecule has 1 heterocycles. The SMILES string of the molecule is CC(C)C[C@@H]1CN(c2cccc(S(C)(=O)=O)c2)CCN1C(=O)OC(C)(C)C. The van der Waals surface area contributed by atoms with Gasteiger partial charge >= 0.3 is 6.09 Å². The van der Waals surface area contributed by atoms with Gasteiger partial charge in [-0.2, -0.15) is 0 Å². The van der Waals surface area contributed by atoms with Crippen LogP contribution >= 0.6 is 0 Å². The number of anilines is 1. The summed E-state index contributed by atoms with van der Waals surface area (Å²) >= 11 is 0. The molecule has 1 aromatic carbocycles. The maximum absolute atomic E-state index is 12.6. The van der Waals surface area contributed by atoms with Crippen molar-refractivity contribution in [2.24, 2.45) is 5.92 Å². The summed E-state index contributed by atoms with van der Waals surface area (Å²) in [4.78, 5) is 16.9. The highest BCUT2D eigenvalue weighted by molar-refractivity contribution is 7.90. The van der Waals surface area contributed by atoms with Gasteiger partial charge in [-0.15, -0.1) is 0 Å². The van der Waals surface area contributed by atoms with Gasteiger partial charge in [-0.25, -0.2) is 13.2 Å². The third kappa shape index (κ3) is 6.13. The van der Waals surface area contributed by atoms with Gasteiger partial charge in [0.05, 0.1) is 10.9 Å². The second-order valence-corrected chi connectivity index (χ2v) is 10.7. The van der Waals surface area contributed by atoms with Crippen molar-refractivity contribution in [2.75, 3.05) is 30.8 Å². The van der Waals surface area contributed by atoms with Crippen LogP contribution < -0.4 is 4.90 Å². The van der Waals surface area contributed by atoms with Gasteiger partial charge in [-0.05, 0) is 51.3 Å². The molecule has 1 aliphatic rings. The highest BCUT2D eigenvalue weighted by atomic mass is 32.2. The Morgan fingerprint density at radius 2 is 1.93 bits per heavy atom. The molecule has 0 unspecified atom stereocenters. The lowest BCUT2D eigenvalue weighted by atomic mass is 10.00. The molecule has 6 nitrogen and oxygen atoms in total. The third-order valence-electron chi connectivity index (χ3n) is 4.47. The highest BCUT2D eigenvalue weighted by Gasteiger charge is 2.33. The molecule has 0 aliphatic carbocycles. The lowest BCUT2D eigenvalue weighted by molar-refractivity contribution is 0.0120. The Hall–Kier alpha value is -1.76. The van der Waals surface area contributed by atoms with E-state index in [1.165, 1.54) is 6.26 Å². The number of carbonyl (C=O) groups is 1. The molecule has 0 spiro atoms. The number of rotatable bonds is 4. The second-order valence-electron chi connectivity index (χ2n) is 8.67. The first-order chi connectivity index (χ1) is 12.4. The molecule has 1 aromatic rings. The van der Waals surface area contributed by atoms with E-state index < -0.39 is 15.4 Å². The van der Waals surface area contributed by atoms with E-state index in [-0.39, 0.29) is 12.1 Å². The monoisotopic (exact) mass is 396 g/mol. The average Bonchev–Trinajstić information content (AvgIpc) is 2.52. The van der Waals surface area contributed by atoms with Crippen LogP contribution in [0.4, 0.5) is 10.5 Å². The summed E-state index contributed by atoms with van der Waals surface area (Å²) in [5.41, 5.74) is 0.343. The Kier molecular flexibility index (Phi) is 6.45. The molecule has 0 N–H and O–H groups in total. The van der Waals surface area contributed by atoms with Crippen molar-refractivity contribution in [3.8, 4) is 0 Å². The van der Waals surface area contributed by atoms with Crippen molar-refractivity contribution in [1.82, 2.24) is 4.90 Å². The minimum atomic E-state index is -3.25. The predicted molar refractivity (Wildman–Crippen MR) is 108 cm³/mol. The summed E-state index contributed by atoms with van der Waals surface area (Å²) in [5, 5.41) is 0. The van der Waals surface area contributed by atoms with Crippen LogP contribution in [0, 0.1) is 5.92 Å². The number of amides is 1. The molecule has 1 amide bonds. The van der Waals surface area contributed by atoms with Crippen LogP contribution in [0.25, 0.3) is 0 Å². The van der Waals surface area contributed by atoms with E-state index >= 15 is 0 Å². The molecule has 152 valence electrons. The van der Waals surface area contributed by atoms with E-state index in [0.29, 0.717) is 30.4 Å². The standard InChI is InChI=1S/C20H32N2O4S/c1-15(2)12-17-14-21(10-11-22(17)19(23)26-20(3,4)5)16-8-7-9-18(13-16)27(6,24)25/h7-9,13,15,17H,10-12,14H2,1-6H3/t17-/m1/s1. The lowest BCUT2D eigenvalue weighted by Gasteiger charge is -2.43.